The molecule has 4 heteroatoms. The van der Waals surface area contributed by atoms with E-state index in [9.17, 15) is 0 Å². The van der Waals surface area contributed by atoms with Gasteiger partial charge in [-0.1, -0.05) is 0 Å². The van der Waals surface area contributed by atoms with Gasteiger partial charge in [0.1, 0.15) is 4.60 Å². The minimum absolute atomic E-state index is 0.105. The van der Waals surface area contributed by atoms with Crippen LogP contribution in [0.4, 0.5) is 0 Å². The van der Waals surface area contributed by atoms with E-state index < -0.39 is 0 Å². The molecule has 9 heavy (non-hydrogen) atoms. The van der Waals surface area contributed by atoms with E-state index in [-0.39, 0.29) is 5.75 Å². The maximum absolute atomic E-state index is 9.03. The van der Waals surface area contributed by atoms with E-state index in [4.69, 9.17) is 5.11 Å². The summed E-state index contributed by atoms with van der Waals surface area (Å²) in [6.07, 6.45) is 2.57. The van der Waals surface area contributed by atoms with Crippen LogP contribution in [-0.2, 0) is 0 Å². The first-order valence-corrected chi connectivity index (χ1v) is 3.71. The number of nitrogens with zero attached hydrogens (tertiary/aromatic N) is 1. The van der Waals surface area contributed by atoms with Crippen LogP contribution in [0.2, 0.25) is 0 Å². The summed E-state index contributed by atoms with van der Waals surface area (Å²) in [6.45, 7) is 0. The van der Waals surface area contributed by atoms with E-state index in [1.807, 2.05) is 0 Å². The lowest BCUT2D eigenvalue weighted by atomic mass is 10.5. The van der Waals surface area contributed by atoms with Crippen molar-refractivity contribution in [3.8, 4) is 5.75 Å². The molecular weight excluding hydrogens is 250 g/mol. The summed E-state index contributed by atoms with van der Waals surface area (Å²) in [5.41, 5.74) is 0. The van der Waals surface area contributed by atoms with Gasteiger partial charge in [-0.2, -0.15) is 0 Å². The Morgan fingerprint density at radius 3 is 2.67 bits per heavy atom. The molecule has 0 amide bonds. The summed E-state index contributed by atoms with van der Waals surface area (Å²) in [6, 6.07) is 1.54. The maximum atomic E-state index is 9.03. The molecular formula is C5H2Br2NO. The highest BCUT2D eigenvalue weighted by Crippen LogP contribution is 2.28. The van der Waals surface area contributed by atoms with Crippen molar-refractivity contribution in [2.45, 2.75) is 0 Å². The molecule has 0 bridgehead atoms. The molecule has 0 spiro atoms. The van der Waals surface area contributed by atoms with Gasteiger partial charge >= 0.3 is 0 Å². The second kappa shape index (κ2) is 2.66. The topological polar surface area (TPSA) is 33.1 Å². The molecule has 1 radical (unpaired) electrons. The molecule has 0 saturated carbocycles. The first-order valence-electron chi connectivity index (χ1n) is 2.13. The number of hydrogen-bond donors (Lipinski definition) is 1. The fourth-order valence-corrected chi connectivity index (χ4v) is 1.24. The third kappa shape index (κ3) is 1.43. The largest absolute Gasteiger partial charge is 0.504 e. The first-order chi connectivity index (χ1) is 4.22. The van der Waals surface area contributed by atoms with E-state index in [2.05, 4.69) is 43.0 Å². The lowest BCUT2D eigenvalue weighted by Gasteiger charge is -1.94. The Bertz CT molecular complexity index is 206. The average Bonchev–Trinajstić information content (AvgIpc) is 1.83. The van der Waals surface area contributed by atoms with Crippen molar-refractivity contribution in [3.63, 3.8) is 0 Å². The number of pyridine rings is 1. The molecule has 1 heterocycles. The van der Waals surface area contributed by atoms with Gasteiger partial charge in [0.15, 0.2) is 5.75 Å². The van der Waals surface area contributed by atoms with Crippen molar-refractivity contribution in [1.29, 1.82) is 0 Å². The zero-order valence-corrected chi connectivity index (χ0v) is 7.40. The quantitative estimate of drug-likeness (QED) is 0.717. The molecule has 0 saturated heterocycles. The summed E-state index contributed by atoms with van der Waals surface area (Å²) >= 11 is 6.12. The van der Waals surface area contributed by atoms with Crippen molar-refractivity contribution in [2.24, 2.45) is 0 Å². The number of halogens is 2. The summed E-state index contributed by atoms with van der Waals surface area (Å²) in [5, 5.41) is 9.03. The van der Waals surface area contributed by atoms with E-state index in [0.29, 0.717) is 9.08 Å². The molecule has 1 rings (SSSR count). The Morgan fingerprint density at radius 1 is 1.56 bits per heavy atom. The molecule has 1 aromatic rings. The summed E-state index contributed by atoms with van der Waals surface area (Å²) < 4.78 is 0.987. The van der Waals surface area contributed by atoms with Gasteiger partial charge in [-0.25, -0.2) is 4.98 Å². The fraction of sp³-hybridized carbons (Fsp3) is 0. The van der Waals surface area contributed by atoms with Crippen molar-refractivity contribution in [1.82, 2.24) is 4.98 Å². The van der Waals surface area contributed by atoms with Gasteiger partial charge < -0.3 is 5.11 Å². The minimum Gasteiger partial charge on any atom is -0.504 e. The Balaban J connectivity index is 3.25. The molecule has 0 fully saturated rings. The summed E-state index contributed by atoms with van der Waals surface area (Å²) in [7, 11) is 0. The molecule has 1 aromatic heterocycles. The van der Waals surface area contributed by atoms with Crippen LogP contribution in [0.3, 0.4) is 0 Å². The van der Waals surface area contributed by atoms with Crippen LogP contribution >= 0.6 is 31.9 Å². The van der Waals surface area contributed by atoms with Gasteiger partial charge in [-0.3, -0.25) is 0 Å². The predicted molar refractivity (Wildman–Crippen MR) is 40.1 cm³/mol. The van der Waals surface area contributed by atoms with Crippen LogP contribution in [0.15, 0.2) is 15.1 Å². The van der Waals surface area contributed by atoms with Gasteiger partial charge in [-0.05, 0) is 37.9 Å². The van der Waals surface area contributed by atoms with E-state index in [1.54, 1.807) is 6.07 Å². The Hall–Kier alpha value is -0.0900. The van der Waals surface area contributed by atoms with Crippen LogP contribution in [0.1, 0.15) is 0 Å². The van der Waals surface area contributed by atoms with Crippen LogP contribution in [-0.4, -0.2) is 10.1 Å². The molecule has 47 valence electrons. The van der Waals surface area contributed by atoms with E-state index in [0.717, 1.165) is 0 Å². The van der Waals surface area contributed by atoms with Crippen LogP contribution in [0, 0.1) is 6.20 Å². The SMILES string of the molecule is Oc1c(Br)c[c]nc1Br. The molecule has 0 aliphatic rings. The van der Waals surface area contributed by atoms with Gasteiger partial charge in [-0.15, -0.1) is 0 Å². The zero-order valence-electron chi connectivity index (χ0n) is 4.23. The molecule has 0 unspecified atom stereocenters. The maximum Gasteiger partial charge on any atom is 0.162 e. The molecule has 0 atom stereocenters. The number of aromatic nitrogens is 1. The lowest BCUT2D eigenvalue weighted by molar-refractivity contribution is 0.465. The Labute approximate surface area is 69.2 Å². The molecule has 1 N–H and O–H groups in total. The highest BCUT2D eigenvalue weighted by molar-refractivity contribution is 9.11. The highest BCUT2D eigenvalue weighted by atomic mass is 79.9. The van der Waals surface area contributed by atoms with Gasteiger partial charge in [0, 0.05) is 0 Å². The monoisotopic (exact) mass is 250 g/mol. The molecule has 2 nitrogen and oxygen atoms in total. The average molecular weight is 252 g/mol. The fourth-order valence-electron chi connectivity index (χ4n) is 0.365. The Morgan fingerprint density at radius 2 is 2.22 bits per heavy atom. The van der Waals surface area contributed by atoms with Crippen LogP contribution in [0.5, 0.6) is 5.75 Å². The van der Waals surface area contributed by atoms with Gasteiger partial charge in [0.2, 0.25) is 0 Å². The number of hydrogen-bond acceptors (Lipinski definition) is 2. The zero-order chi connectivity index (χ0) is 6.85. The lowest BCUT2D eigenvalue weighted by Crippen LogP contribution is -1.75. The van der Waals surface area contributed by atoms with Crippen LogP contribution < -0.4 is 0 Å². The highest BCUT2D eigenvalue weighted by Gasteiger charge is 2.00. The summed E-state index contributed by atoms with van der Waals surface area (Å²) in [4.78, 5) is 3.65. The van der Waals surface area contributed by atoms with E-state index >= 15 is 0 Å². The van der Waals surface area contributed by atoms with Gasteiger partial charge in [0.05, 0.1) is 10.7 Å². The normalized spacial score (nSPS) is 9.56. The molecule has 0 aliphatic carbocycles. The standard InChI is InChI=1S/C5H2Br2NO/c6-3-1-2-8-5(7)4(3)9/h1,9H. The molecule has 0 aromatic carbocycles. The van der Waals surface area contributed by atoms with Crippen molar-refractivity contribution < 1.29 is 5.11 Å². The van der Waals surface area contributed by atoms with Crippen molar-refractivity contribution in [3.05, 3.63) is 21.3 Å². The van der Waals surface area contributed by atoms with E-state index in [1.165, 1.54) is 0 Å². The Kier molecular flexibility index (Phi) is 2.08. The summed E-state index contributed by atoms with van der Waals surface area (Å²) in [5.74, 6) is 0.105. The van der Waals surface area contributed by atoms with Crippen molar-refractivity contribution in [2.75, 3.05) is 0 Å². The minimum atomic E-state index is 0.105. The second-order valence-corrected chi connectivity index (χ2v) is 2.98. The number of aromatic hydroxyl groups is 1. The van der Waals surface area contributed by atoms with Crippen LogP contribution in [0.25, 0.3) is 0 Å². The molecule has 0 aliphatic heterocycles. The first kappa shape index (κ1) is 7.02. The third-order valence-electron chi connectivity index (χ3n) is 0.776. The smallest absolute Gasteiger partial charge is 0.162 e. The van der Waals surface area contributed by atoms with Gasteiger partial charge in [0.25, 0.3) is 0 Å². The van der Waals surface area contributed by atoms with Crippen molar-refractivity contribution >= 4 is 31.9 Å². The second-order valence-electron chi connectivity index (χ2n) is 1.37. The predicted octanol–water partition coefficient (Wildman–Crippen LogP) is 2.11. The third-order valence-corrected chi connectivity index (χ3v) is 1.93. The number of rotatable bonds is 0.